The van der Waals surface area contributed by atoms with Crippen molar-refractivity contribution in [3.05, 3.63) is 65.1 Å². The Hall–Kier alpha value is -3.20. The van der Waals surface area contributed by atoms with Gasteiger partial charge in [-0.05, 0) is 43.7 Å². The highest BCUT2D eigenvalue weighted by Crippen LogP contribution is 2.44. The Balaban J connectivity index is 1.84. The molecule has 0 saturated carbocycles. The second-order valence-electron chi connectivity index (χ2n) is 7.34. The van der Waals surface area contributed by atoms with Gasteiger partial charge in [0, 0.05) is 23.7 Å². The topological polar surface area (TPSA) is 96.8 Å². The molecule has 0 unspecified atom stereocenters. The van der Waals surface area contributed by atoms with E-state index in [1.807, 2.05) is 0 Å². The second kappa shape index (κ2) is 7.24. The molecule has 7 nitrogen and oxygen atoms in total. The summed E-state index contributed by atoms with van der Waals surface area (Å²) < 4.78 is 43.6. The van der Waals surface area contributed by atoms with E-state index in [-0.39, 0.29) is 47.0 Å². The average molecular weight is 430 g/mol. The summed E-state index contributed by atoms with van der Waals surface area (Å²) in [5, 5.41) is 10.2. The summed E-state index contributed by atoms with van der Waals surface area (Å²) in [7, 11) is -3.96. The fourth-order valence-corrected chi connectivity index (χ4v) is 3.98. The maximum absolute atomic E-state index is 13.2. The zero-order valence-corrected chi connectivity index (χ0v) is 17.1. The van der Waals surface area contributed by atoms with Gasteiger partial charge in [0.05, 0.1) is 17.4 Å². The van der Waals surface area contributed by atoms with Crippen LogP contribution in [0.3, 0.4) is 0 Å². The van der Waals surface area contributed by atoms with Crippen molar-refractivity contribution in [1.82, 2.24) is 9.88 Å². The first kappa shape index (κ1) is 20.1. The van der Waals surface area contributed by atoms with Gasteiger partial charge >= 0.3 is 10.1 Å². The Morgan fingerprint density at radius 1 is 1.23 bits per heavy atom. The number of benzene rings is 2. The monoisotopic (exact) mass is 430 g/mol. The number of amides is 1. The maximum atomic E-state index is 13.2. The molecule has 4 rings (SSSR count). The van der Waals surface area contributed by atoms with E-state index >= 15 is 0 Å². The van der Waals surface area contributed by atoms with E-state index in [1.165, 1.54) is 37.1 Å². The van der Waals surface area contributed by atoms with Crippen LogP contribution in [0.2, 0.25) is 0 Å². The summed E-state index contributed by atoms with van der Waals surface area (Å²) in [6.45, 7) is 3.17. The minimum Gasteiger partial charge on any atom is -0.505 e. The van der Waals surface area contributed by atoms with Gasteiger partial charge in [-0.25, -0.2) is 4.39 Å². The van der Waals surface area contributed by atoms with Crippen molar-refractivity contribution in [3.63, 3.8) is 0 Å². The van der Waals surface area contributed by atoms with Gasteiger partial charge in [-0.2, -0.15) is 8.42 Å². The lowest BCUT2D eigenvalue weighted by molar-refractivity contribution is 0.0764. The van der Waals surface area contributed by atoms with Crippen LogP contribution in [0.4, 0.5) is 4.39 Å². The maximum Gasteiger partial charge on any atom is 0.311 e. The third-order valence-electron chi connectivity index (χ3n) is 5.00. The van der Waals surface area contributed by atoms with Gasteiger partial charge in [0.25, 0.3) is 5.91 Å². The van der Waals surface area contributed by atoms with Crippen LogP contribution >= 0.6 is 0 Å². The second-order valence-corrected chi connectivity index (χ2v) is 9.44. The van der Waals surface area contributed by atoms with E-state index < -0.39 is 21.3 Å². The lowest BCUT2D eigenvalue weighted by Gasteiger charge is -2.16. The molecule has 1 amide bonds. The first-order valence-corrected chi connectivity index (χ1v) is 10.8. The number of carbonyl (C=O) groups is 1. The molecular weight excluding hydrogens is 411 g/mol. The molecule has 0 spiro atoms. The van der Waals surface area contributed by atoms with Crippen molar-refractivity contribution in [1.29, 1.82) is 0 Å². The van der Waals surface area contributed by atoms with Crippen LogP contribution in [0.1, 0.15) is 35.3 Å². The molecule has 30 heavy (non-hydrogen) atoms. The molecule has 2 heterocycles. The summed E-state index contributed by atoms with van der Waals surface area (Å²) >= 11 is 0. The highest BCUT2D eigenvalue weighted by molar-refractivity contribution is 7.87. The predicted octanol–water partition coefficient (Wildman–Crippen LogP) is 3.35. The van der Waals surface area contributed by atoms with E-state index in [9.17, 15) is 22.7 Å². The van der Waals surface area contributed by atoms with Crippen molar-refractivity contribution in [2.45, 2.75) is 32.2 Å². The highest BCUT2D eigenvalue weighted by Gasteiger charge is 2.37. The van der Waals surface area contributed by atoms with Gasteiger partial charge < -0.3 is 14.2 Å². The number of halogens is 1. The van der Waals surface area contributed by atoms with Gasteiger partial charge in [0.1, 0.15) is 11.3 Å². The van der Waals surface area contributed by atoms with Crippen LogP contribution in [0.5, 0.6) is 11.5 Å². The van der Waals surface area contributed by atoms with E-state index in [4.69, 9.17) is 4.18 Å². The molecular formula is C21H19FN2O5S. The Kier molecular flexibility index (Phi) is 4.85. The van der Waals surface area contributed by atoms with Crippen molar-refractivity contribution in [3.8, 4) is 11.5 Å². The molecule has 3 aromatic rings. The molecule has 0 saturated heterocycles. The van der Waals surface area contributed by atoms with E-state index in [0.29, 0.717) is 10.9 Å². The van der Waals surface area contributed by atoms with Crippen molar-refractivity contribution < 1.29 is 26.9 Å². The minimum atomic E-state index is -3.96. The van der Waals surface area contributed by atoms with Gasteiger partial charge in [0.2, 0.25) is 0 Å². The Morgan fingerprint density at radius 3 is 2.60 bits per heavy atom. The molecule has 2 aromatic carbocycles. The minimum absolute atomic E-state index is 0.00504. The lowest BCUT2D eigenvalue weighted by Crippen LogP contribution is -2.23. The average Bonchev–Trinajstić information content (AvgIpc) is 3.03. The number of phenolic OH excluding ortho intramolecular Hbond substituents is 1. The first-order chi connectivity index (χ1) is 14.2. The van der Waals surface area contributed by atoms with Crippen LogP contribution in [0.15, 0.2) is 42.6 Å². The van der Waals surface area contributed by atoms with Crippen molar-refractivity contribution in [2.24, 2.45) is 0 Å². The molecule has 1 N–H and O–H groups in total. The molecule has 1 aliphatic heterocycles. The quantitative estimate of drug-likeness (QED) is 0.624. The Labute approximate surface area is 172 Å². The number of nitrogens with zero attached hydrogens (tertiary/aromatic N) is 2. The van der Waals surface area contributed by atoms with Gasteiger partial charge in [-0.3, -0.25) is 9.78 Å². The van der Waals surface area contributed by atoms with E-state index in [2.05, 4.69) is 4.98 Å². The van der Waals surface area contributed by atoms with Crippen LogP contribution in [-0.4, -0.2) is 34.6 Å². The number of hydrogen-bond acceptors (Lipinski definition) is 6. The van der Waals surface area contributed by atoms with E-state index in [1.54, 1.807) is 24.3 Å². The molecule has 0 atom stereocenters. The van der Waals surface area contributed by atoms with Crippen molar-refractivity contribution in [2.75, 3.05) is 0 Å². The Bertz CT molecular complexity index is 1260. The van der Waals surface area contributed by atoms with Gasteiger partial charge in [-0.15, -0.1) is 0 Å². The largest absolute Gasteiger partial charge is 0.505 e. The molecule has 9 heteroatoms. The summed E-state index contributed by atoms with van der Waals surface area (Å²) in [4.78, 5) is 18.6. The summed E-state index contributed by atoms with van der Waals surface area (Å²) in [5.41, 5.74) is 1.03. The number of pyridine rings is 1. The zero-order chi connectivity index (χ0) is 21.6. The van der Waals surface area contributed by atoms with Crippen LogP contribution < -0.4 is 4.18 Å². The number of rotatable bonds is 5. The number of fused-ring (bicyclic) bond motifs is 2. The fourth-order valence-electron chi connectivity index (χ4n) is 3.36. The van der Waals surface area contributed by atoms with Crippen LogP contribution in [0.25, 0.3) is 10.9 Å². The SMILES string of the molecule is CC(C)S(=O)(=O)Oc1c2c(c(O)c3ncccc13)C(=O)N(Cc1ccc(F)cc1)C2. The molecule has 0 bridgehead atoms. The number of phenols is 1. The number of carbonyl (C=O) groups excluding carboxylic acids is 1. The molecule has 1 aromatic heterocycles. The smallest absolute Gasteiger partial charge is 0.311 e. The predicted molar refractivity (Wildman–Crippen MR) is 108 cm³/mol. The van der Waals surface area contributed by atoms with Crippen LogP contribution in [0, 0.1) is 5.82 Å². The Morgan fingerprint density at radius 2 is 1.93 bits per heavy atom. The number of hydrogen-bond donors (Lipinski definition) is 1. The molecule has 0 fully saturated rings. The molecule has 156 valence electrons. The molecule has 0 aliphatic carbocycles. The summed E-state index contributed by atoms with van der Waals surface area (Å²) in [6, 6.07) is 8.88. The van der Waals surface area contributed by atoms with Crippen LogP contribution in [-0.2, 0) is 23.2 Å². The number of aromatic nitrogens is 1. The van der Waals surface area contributed by atoms with E-state index in [0.717, 1.165) is 0 Å². The van der Waals surface area contributed by atoms with Gasteiger partial charge in [-0.1, -0.05) is 12.1 Å². The summed E-state index contributed by atoms with van der Waals surface area (Å²) in [5.74, 6) is -1.19. The first-order valence-electron chi connectivity index (χ1n) is 9.28. The van der Waals surface area contributed by atoms with Gasteiger partial charge in [0.15, 0.2) is 11.5 Å². The lowest BCUT2D eigenvalue weighted by atomic mass is 10.0. The summed E-state index contributed by atoms with van der Waals surface area (Å²) in [6.07, 6.45) is 1.44. The molecule has 0 radical (unpaired) electrons. The standard InChI is InChI=1S/C21H19FN2O5S/c1-12(2)30(27,28)29-20-15-4-3-9-23-18(15)19(25)17-16(20)11-24(21(17)26)10-13-5-7-14(22)8-6-13/h3-9,12,25H,10-11H2,1-2H3. The molecule has 1 aliphatic rings. The zero-order valence-electron chi connectivity index (χ0n) is 16.3. The normalized spacial score (nSPS) is 13.9. The third kappa shape index (κ3) is 3.35. The number of aromatic hydroxyl groups is 1. The van der Waals surface area contributed by atoms with Crippen molar-refractivity contribution >= 4 is 26.9 Å². The highest BCUT2D eigenvalue weighted by atomic mass is 32.2. The third-order valence-corrected chi connectivity index (χ3v) is 6.56. The fraction of sp³-hybridized carbons (Fsp3) is 0.238.